The number of anilines is 2. The summed E-state index contributed by atoms with van der Waals surface area (Å²) in [5, 5.41) is 10.4. The highest BCUT2D eigenvalue weighted by Gasteiger charge is 2.33. The van der Waals surface area contributed by atoms with E-state index in [0.717, 1.165) is 5.56 Å². The molecular weight excluding hydrogens is 394 g/mol. The largest absolute Gasteiger partial charge is 0.366 e. The molecule has 1 atom stereocenters. The Kier molecular flexibility index (Phi) is 4.77. The second kappa shape index (κ2) is 7.40. The molecule has 29 heavy (non-hydrogen) atoms. The first-order valence-corrected chi connectivity index (χ1v) is 9.14. The first-order chi connectivity index (χ1) is 13.9. The van der Waals surface area contributed by atoms with Crippen LogP contribution in [0.25, 0.3) is 11.1 Å². The highest BCUT2D eigenvalue weighted by molar-refractivity contribution is 6.30. The molecule has 0 aliphatic carbocycles. The van der Waals surface area contributed by atoms with E-state index in [0.29, 0.717) is 27.7 Å². The van der Waals surface area contributed by atoms with Crippen molar-refractivity contribution in [1.29, 1.82) is 0 Å². The maximum Gasteiger partial charge on any atom is 0.249 e. The van der Waals surface area contributed by atoms with E-state index in [-0.39, 0.29) is 12.3 Å². The molecule has 0 saturated heterocycles. The third-order valence-electron chi connectivity index (χ3n) is 4.62. The van der Waals surface area contributed by atoms with E-state index >= 15 is 0 Å². The minimum absolute atomic E-state index is 0.0417. The molecule has 1 aliphatic rings. The maximum atomic E-state index is 12.8. The fraction of sp³-hybridized carbons (Fsp3) is 0.100. The zero-order valence-corrected chi connectivity index (χ0v) is 15.8. The summed E-state index contributed by atoms with van der Waals surface area (Å²) in [7, 11) is 0. The van der Waals surface area contributed by atoms with E-state index < -0.39 is 17.9 Å². The molecule has 0 fully saturated rings. The van der Waals surface area contributed by atoms with Crippen LogP contribution in [-0.2, 0) is 9.59 Å². The van der Waals surface area contributed by atoms with Gasteiger partial charge in [0, 0.05) is 21.8 Å². The number of fused-ring (bicyclic) bond motifs is 1. The van der Waals surface area contributed by atoms with Gasteiger partial charge >= 0.3 is 0 Å². The van der Waals surface area contributed by atoms with E-state index in [4.69, 9.17) is 17.3 Å². The number of hydrogen-bond donors (Lipinski definition) is 3. The van der Waals surface area contributed by atoms with E-state index in [1.165, 1.54) is 16.8 Å². The lowest BCUT2D eigenvalue weighted by atomic mass is 10.1. The summed E-state index contributed by atoms with van der Waals surface area (Å²) < 4.78 is 1.50. The summed E-state index contributed by atoms with van der Waals surface area (Å²) in [6.45, 7) is 0. The van der Waals surface area contributed by atoms with Crippen LogP contribution < -0.4 is 16.4 Å². The number of carbonyl (C=O) groups excluding carboxylic acids is 3. The van der Waals surface area contributed by atoms with Crippen molar-refractivity contribution in [3.63, 3.8) is 0 Å². The predicted molar refractivity (Wildman–Crippen MR) is 109 cm³/mol. The van der Waals surface area contributed by atoms with Gasteiger partial charge in [-0.05, 0) is 42.0 Å². The SMILES string of the molecule is NC(=O)c1ccc(NC(=O)[C@H]2CC(=O)Nc3c(-c4ccc(Cl)cc4)cnn32)cc1. The van der Waals surface area contributed by atoms with E-state index in [9.17, 15) is 14.4 Å². The van der Waals surface area contributed by atoms with Crippen molar-refractivity contribution in [1.82, 2.24) is 9.78 Å². The Morgan fingerprint density at radius 2 is 1.83 bits per heavy atom. The molecule has 0 radical (unpaired) electrons. The number of hydrogen-bond acceptors (Lipinski definition) is 4. The van der Waals surface area contributed by atoms with Crippen molar-refractivity contribution < 1.29 is 14.4 Å². The van der Waals surface area contributed by atoms with Crippen LogP contribution in [0.4, 0.5) is 11.5 Å². The zero-order chi connectivity index (χ0) is 20.5. The van der Waals surface area contributed by atoms with Crippen molar-refractivity contribution in [3.8, 4) is 11.1 Å². The third-order valence-corrected chi connectivity index (χ3v) is 4.87. The highest BCUT2D eigenvalue weighted by atomic mass is 35.5. The molecule has 4 rings (SSSR count). The molecule has 2 aromatic carbocycles. The molecule has 9 heteroatoms. The number of rotatable bonds is 4. The molecule has 0 saturated carbocycles. The first-order valence-electron chi connectivity index (χ1n) is 8.76. The lowest BCUT2D eigenvalue weighted by Gasteiger charge is -2.24. The number of primary amides is 1. The summed E-state index contributed by atoms with van der Waals surface area (Å²) in [6, 6.07) is 12.5. The van der Waals surface area contributed by atoms with Crippen LogP contribution in [0.15, 0.2) is 54.7 Å². The minimum Gasteiger partial charge on any atom is -0.366 e. The van der Waals surface area contributed by atoms with Crippen LogP contribution in [0.2, 0.25) is 5.02 Å². The van der Waals surface area contributed by atoms with E-state index in [1.54, 1.807) is 30.5 Å². The van der Waals surface area contributed by atoms with Crippen molar-refractivity contribution in [2.24, 2.45) is 5.73 Å². The molecule has 0 unspecified atom stereocenters. The second-order valence-electron chi connectivity index (χ2n) is 6.56. The van der Waals surface area contributed by atoms with Crippen LogP contribution in [0.1, 0.15) is 22.8 Å². The number of halogens is 1. The van der Waals surface area contributed by atoms with Crippen LogP contribution in [0.3, 0.4) is 0 Å². The smallest absolute Gasteiger partial charge is 0.249 e. The van der Waals surface area contributed by atoms with Gasteiger partial charge in [-0.2, -0.15) is 5.10 Å². The van der Waals surface area contributed by atoms with Gasteiger partial charge in [-0.1, -0.05) is 23.7 Å². The fourth-order valence-electron chi connectivity index (χ4n) is 3.16. The number of nitrogens with one attached hydrogen (secondary N) is 2. The quantitative estimate of drug-likeness (QED) is 0.613. The van der Waals surface area contributed by atoms with Gasteiger partial charge in [0.1, 0.15) is 11.9 Å². The Labute approximate surface area is 170 Å². The molecule has 146 valence electrons. The molecule has 3 aromatic rings. The van der Waals surface area contributed by atoms with Gasteiger partial charge in [0.2, 0.25) is 17.7 Å². The highest BCUT2D eigenvalue weighted by Crippen LogP contribution is 2.34. The molecule has 1 aliphatic heterocycles. The van der Waals surface area contributed by atoms with Crippen molar-refractivity contribution in [2.45, 2.75) is 12.5 Å². The van der Waals surface area contributed by atoms with Gasteiger partial charge in [0.05, 0.1) is 12.6 Å². The summed E-state index contributed by atoms with van der Waals surface area (Å²) in [5.74, 6) is -0.772. The van der Waals surface area contributed by atoms with Gasteiger partial charge in [-0.25, -0.2) is 4.68 Å². The van der Waals surface area contributed by atoms with E-state index in [2.05, 4.69) is 15.7 Å². The number of aromatic nitrogens is 2. The number of amides is 3. The molecule has 8 nitrogen and oxygen atoms in total. The van der Waals surface area contributed by atoms with Gasteiger partial charge in [0.25, 0.3) is 0 Å². The fourth-order valence-corrected chi connectivity index (χ4v) is 3.28. The average molecular weight is 410 g/mol. The normalized spacial score (nSPS) is 15.3. The lowest BCUT2D eigenvalue weighted by molar-refractivity contribution is -0.125. The lowest BCUT2D eigenvalue weighted by Crippen LogP contribution is -2.35. The average Bonchev–Trinajstić information content (AvgIpc) is 3.12. The van der Waals surface area contributed by atoms with Crippen LogP contribution in [-0.4, -0.2) is 27.5 Å². The van der Waals surface area contributed by atoms with Gasteiger partial charge in [-0.3, -0.25) is 14.4 Å². The summed E-state index contributed by atoms with van der Waals surface area (Å²) >= 11 is 5.94. The third kappa shape index (κ3) is 3.70. The van der Waals surface area contributed by atoms with E-state index in [1.807, 2.05) is 12.1 Å². The Balaban J connectivity index is 1.61. The number of benzene rings is 2. The zero-order valence-electron chi connectivity index (χ0n) is 15.1. The molecule has 4 N–H and O–H groups in total. The Hall–Kier alpha value is -3.65. The Bertz CT molecular complexity index is 1110. The number of nitrogens with zero attached hydrogens (tertiary/aromatic N) is 2. The Morgan fingerprint density at radius 1 is 1.14 bits per heavy atom. The van der Waals surface area contributed by atoms with Gasteiger partial charge < -0.3 is 16.4 Å². The second-order valence-corrected chi connectivity index (χ2v) is 6.99. The summed E-state index contributed by atoms with van der Waals surface area (Å²) in [4.78, 5) is 36.2. The summed E-state index contributed by atoms with van der Waals surface area (Å²) in [6.07, 6.45) is 1.56. The van der Waals surface area contributed by atoms with Crippen LogP contribution in [0.5, 0.6) is 0 Å². The number of nitrogens with two attached hydrogens (primary N) is 1. The maximum absolute atomic E-state index is 12.8. The minimum atomic E-state index is -0.810. The van der Waals surface area contributed by atoms with Crippen molar-refractivity contribution >= 4 is 40.8 Å². The molecule has 2 heterocycles. The molecule has 1 aromatic heterocycles. The first kappa shape index (κ1) is 18.7. The van der Waals surface area contributed by atoms with Crippen molar-refractivity contribution in [3.05, 3.63) is 65.3 Å². The van der Waals surface area contributed by atoms with Gasteiger partial charge in [0.15, 0.2) is 0 Å². The molecular formula is C20H16ClN5O3. The summed E-state index contributed by atoms with van der Waals surface area (Å²) in [5.41, 5.74) is 7.55. The molecule has 0 bridgehead atoms. The van der Waals surface area contributed by atoms with Crippen LogP contribution >= 0.6 is 11.6 Å². The van der Waals surface area contributed by atoms with Gasteiger partial charge in [-0.15, -0.1) is 0 Å². The predicted octanol–water partition coefficient (Wildman–Crippen LogP) is 2.82. The standard InChI is InChI=1S/C20H16ClN5O3/c21-13-5-1-11(2-6-13)15-10-23-26-16(9-17(27)25-19(15)26)20(29)24-14-7-3-12(4-8-14)18(22)28/h1-8,10,16H,9H2,(H2,22,28)(H,24,29)(H,25,27)/t16-/m1/s1. The monoisotopic (exact) mass is 409 g/mol. The van der Waals surface area contributed by atoms with Crippen molar-refractivity contribution in [2.75, 3.05) is 10.6 Å². The Morgan fingerprint density at radius 3 is 2.48 bits per heavy atom. The molecule has 3 amide bonds. The van der Waals surface area contributed by atoms with Crippen LogP contribution in [0, 0.1) is 0 Å². The number of carbonyl (C=O) groups is 3. The molecule has 0 spiro atoms. The topological polar surface area (TPSA) is 119 Å².